The highest BCUT2D eigenvalue weighted by molar-refractivity contribution is 5.43. The molecule has 0 aliphatic carbocycles. The van der Waals surface area contributed by atoms with Crippen LogP contribution in [0.25, 0.3) is 0 Å². The predicted molar refractivity (Wildman–Crippen MR) is 62.4 cm³/mol. The average molecular weight is 208 g/mol. The maximum Gasteiger partial charge on any atom is 0.231 e. The van der Waals surface area contributed by atoms with E-state index in [1.54, 1.807) is 0 Å². The molecule has 0 unspecified atom stereocenters. The van der Waals surface area contributed by atoms with Crippen LogP contribution in [0.2, 0.25) is 0 Å². The van der Waals surface area contributed by atoms with Crippen LogP contribution in [0.5, 0.6) is 11.5 Å². The summed E-state index contributed by atoms with van der Waals surface area (Å²) in [6.07, 6.45) is 1.31. The van der Waals surface area contributed by atoms with Crippen molar-refractivity contribution < 1.29 is 9.47 Å². The van der Waals surface area contributed by atoms with Gasteiger partial charge in [-0.15, -0.1) is 0 Å². The van der Waals surface area contributed by atoms with Crippen molar-refractivity contribution in [3.05, 3.63) is 23.8 Å². The van der Waals surface area contributed by atoms with Crippen molar-refractivity contribution in [3.8, 4) is 11.5 Å². The fourth-order valence-corrected chi connectivity index (χ4v) is 1.00. The second-order valence-corrected chi connectivity index (χ2v) is 4.16. The lowest BCUT2D eigenvalue weighted by Gasteiger charge is -1.94. The Morgan fingerprint density at radius 1 is 1.20 bits per heavy atom. The van der Waals surface area contributed by atoms with E-state index in [1.807, 2.05) is 25.1 Å². The van der Waals surface area contributed by atoms with Crippen molar-refractivity contribution in [2.75, 3.05) is 6.79 Å². The third-order valence-corrected chi connectivity index (χ3v) is 2.34. The first-order valence-electron chi connectivity index (χ1n) is 5.49. The molecule has 1 heterocycles. The minimum Gasteiger partial charge on any atom is -0.454 e. The van der Waals surface area contributed by atoms with E-state index in [9.17, 15) is 0 Å². The molecule has 1 aromatic carbocycles. The van der Waals surface area contributed by atoms with Crippen molar-refractivity contribution in [3.63, 3.8) is 0 Å². The standard InChI is InChI=1S/C8H8O2.C5H12/c1-6-2-3-7-8(4-6)10-5-9-7;1-4-5(2)3/h2-4H,5H2,1H3;5H,4H2,1-3H3. The molecule has 1 aliphatic rings. The van der Waals surface area contributed by atoms with Crippen LogP contribution in [0, 0.1) is 12.8 Å². The van der Waals surface area contributed by atoms with Gasteiger partial charge in [0, 0.05) is 0 Å². The molecule has 0 saturated heterocycles. The van der Waals surface area contributed by atoms with Crippen LogP contribution in [0.1, 0.15) is 32.8 Å². The summed E-state index contributed by atoms with van der Waals surface area (Å²) in [4.78, 5) is 0. The van der Waals surface area contributed by atoms with Crippen LogP contribution < -0.4 is 9.47 Å². The minimum absolute atomic E-state index is 0.360. The fourth-order valence-electron chi connectivity index (χ4n) is 1.00. The monoisotopic (exact) mass is 208 g/mol. The predicted octanol–water partition coefficient (Wildman–Crippen LogP) is 3.78. The molecule has 15 heavy (non-hydrogen) atoms. The number of benzene rings is 1. The largest absolute Gasteiger partial charge is 0.454 e. The van der Waals surface area contributed by atoms with Crippen LogP contribution in [-0.2, 0) is 0 Å². The van der Waals surface area contributed by atoms with Gasteiger partial charge in [-0.1, -0.05) is 33.3 Å². The van der Waals surface area contributed by atoms with Crippen molar-refractivity contribution >= 4 is 0 Å². The summed E-state index contributed by atoms with van der Waals surface area (Å²) >= 11 is 0. The number of fused-ring (bicyclic) bond motifs is 1. The summed E-state index contributed by atoms with van der Waals surface area (Å²) in [7, 11) is 0. The van der Waals surface area contributed by atoms with Gasteiger partial charge in [0.15, 0.2) is 11.5 Å². The van der Waals surface area contributed by atoms with Crippen molar-refractivity contribution in [1.29, 1.82) is 0 Å². The molecule has 0 bridgehead atoms. The Balaban J connectivity index is 0.000000195. The van der Waals surface area contributed by atoms with Crippen molar-refractivity contribution in [1.82, 2.24) is 0 Å². The number of hydrogen-bond acceptors (Lipinski definition) is 2. The molecule has 2 heteroatoms. The number of aryl methyl sites for hydroxylation is 1. The molecule has 0 radical (unpaired) electrons. The van der Waals surface area contributed by atoms with Crippen LogP contribution in [0.3, 0.4) is 0 Å². The Bertz CT molecular complexity index is 305. The fraction of sp³-hybridized carbons (Fsp3) is 0.538. The van der Waals surface area contributed by atoms with E-state index in [1.165, 1.54) is 12.0 Å². The molecule has 0 aromatic heterocycles. The molecule has 1 aliphatic heterocycles. The summed E-state index contributed by atoms with van der Waals surface area (Å²) in [5.41, 5.74) is 1.20. The zero-order valence-electron chi connectivity index (χ0n) is 10.0. The summed E-state index contributed by atoms with van der Waals surface area (Å²) in [5.74, 6) is 2.60. The average Bonchev–Trinajstić information content (AvgIpc) is 2.65. The first-order chi connectivity index (χ1) is 7.13. The Morgan fingerprint density at radius 2 is 1.80 bits per heavy atom. The van der Waals surface area contributed by atoms with Crippen LogP contribution in [0.15, 0.2) is 18.2 Å². The highest BCUT2D eigenvalue weighted by Crippen LogP contribution is 2.31. The Hall–Kier alpha value is -1.18. The zero-order valence-corrected chi connectivity index (χ0v) is 10.0. The van der Waals surface area contributed by atoms with E-state index in [0.29, 0.717) is 6.79 Å². The number of rotatable bonds is 1. The molecule has 2 rings (SSSR count). The van der Waals surface area contributed by atoms with E-state index >= 15 is 0 Å². The molecule has 1 aromatic rings. The molecule has 0 saturated carbocycles. The Labute approximate surface area is 92.2 Å². The van der Waals surface area contributed by atoms with Crippen molar-refractivity contribution in [2.45, 2.75) is 34.1 Å². The van der Waals surface area contributed by atoms with Crippen molar-refractivity contribution in [2.24, 2.45) is 5.92 Å². The minimum atomic E-state index is 0.360. The van der Waals surface area contributed by atoms with Gasteiger partial charge in [-0.3, -0.25) is 0 Å². The molecule has 0 amide bonds. The highest BCUT2D eigenvalue weighted by atomic mass is 16.7. The van der Waals surface area contributed by atoms with E-state index in [2.05, 4.69) is 20.8 Å². The van der Waals surface area contributed by atoms with Gasteiger partial charge in [0.2, 0.25) is 6.79 Å². The maximum atomic E-state index is 5.16. The lowest BCUT2D eigenvalue weighted by molar-refractivity contribution is 0.174. The molecule has 84 valence electrons. The second-order valence-electron chi connectivity index (χ2n) is 4.16. The van der Waals surface area contributed by atoms with Gasteiger partial charge in [-0.25, -0.2) is 0 Å². The summed E-state index contributed by atoms with van der Waals surface area (Å²) in [5, 5.41) is 0. The van der Waals surface area contributed by atoms with E-state index in [-0.39, 0.29) is 0 Å². The Morgan fingerprint density at radius 3 is 2.40 bits per heavy atom. The molecular weight excluding hydrogens is 188 g/mol. The molecule has 2 nitrogen and oxygen atoms in total. The van der Waals surface area contributed by atoms with Gasteiger partial charge in [0.25, 0.3) is 0 Å². The normalized spacial score (nSPS) is 12.3. The molecule has 0 N–H and O–H groups in total. The molecular formula is C13H20O2. The smallest absolute Gasteiger partial charge is 0.231 e. The summed E-state index contributed by atoms with van der Waals surface area (Å²) in [6, 6.07) is 5.91. The van der Waals surface area contributed by atoms with Crippen LogP contribution >= 0.6 is 0 Å². The highest BCUT2D eigenvalue weighted by Gasteiger charge is 2.11. The molecule has 0 fully saturated rings. The van der Waals surface area contributed by atoms with E-state index in [4.69, 9.17) is 9.47 Å². The first kappa shape index (κ1) is 11.9. The topological polar surface area (TPSA) is 18.5 Å². The van der Waals surface area contributed by atoms with Gasteiger partial charge in [0.05, 0.1) is 0 Å². The first-order valence-corrected chi connectivity index (χ1v) is 5.49. The zero-order chi connectivity index (χ0) is 11.3. The second kappa shape index (κ2) is 5.64. The summed E-state index contributed by atoms with van der Waals surface area (Å²) < 4.78 is 10.3. The van der Waals surface area contributed by atoms with E-state index in [0.717, 1.165) is 17.4 Å². The quantitative estimate of drug-likeness (QED) is 0.699. The van der Waals surface area contributed by atoms with Gasteiger partial charge in [-0.2, -0.15) is 0 Å². The van der Waals surface area contributed by atoms with Gasteiger partial charge < -0.3 is 9.47 Å². The number of ether oxygens (including phenoxy) is 2. The van der Waals surface area contributed by atoms with Crippen LogP contribution in [-0.4, -0.2) is 6.79 Å². The lowest BCUT2D eigenvalue weighted by Crippen LogP contribution is -1.92. The number of hydrogen-bond donors (Lipinski definition) is 0. The lowest BCUT2D eigenvalue weighted by atomic mass is 10.2. The summed E-state index contributed by atoms with van der Waals surface area (Å²) in [6.45, 7) is 9.03. The van der Waals surface area contributed by atoms with Gasteiger partial charge in [0.1, 0.15) is 0 Å². The third-order valence-electron chi connectivity index (χ3n) is 2.34. The van der Waals surface area contributed by atoms with E-state index < -0.39 is 0 Å². The SMILES string of the molecule is CCC(C)C.Cc1ccc2c(c1)OCO2. The Kier molecular flexibility index (Phi) is 4.47. The van der Waals surface area contributed by atoms with Gasteiger partial charge >= 0.3 is 0 Å². The molecule has 0 spiro atoms. The third kappa shape index (κ3) is 3.82. The van der Waals surface area contributed by atoms with Gasteiger partial charge in [-0.05, 0) is 30.5 Å². The van der Waals surface area contributed by atoms with Crippen LogP contribution in [0.4, 0.5) is 0 Å². The molecule has 0 atom stereocenters. The maximum absolute atomic E-state index is 5.16.